The van der Waals surface area contributed by atoms with Crippen molar-refractivity contribution in [3.63, 3.8) is 0 Å². The van der Waals surface area contributed by atoms with Crippen molar-refractivity contribution in [1.82, 2.24) is 10.3 Å². The number of aromatic nitrogens is 1. The lowest BCUT2D eigenvalue weighted by molar-refractivity contribution is 0.190. The minimum Gasteiger partial charge on any atom is -0.365 e. The summed E-state index contributed by atoms with van der Waals surface area (Å²) in [6.45, 7) is 0. The second-order valence-electron chi connectivity index (χ2n) is 3.76. The lowest BCUT2D eigenvalue weighted by atomic mass is 9.95. The Morgan fingerprint density at radius 2 is 2.17 bits per heavy atom. The zero-order chi connectivity index (χ0) is 13.3. The Balaban J connectivity index is 2.48. The standard InChI is InChI=1S/C11H9ClF3N3/c12-8-4-18-11(16,3-6(8)10(14)15)7-1-2-17-5-9(7)13/h1-5,10,18H,16H2. The number of nitrogens with one attached hydrogen (secondary N) is 1. The number of alkyl halides is 2. The van der Waals surface area contributed by atoms with Gasteiger partial charge in [-0.05, 0) is 12.1 Å². The van der Waals surface area contributed by atoms with Crippen LogP contribution < -0.4 is 11.1 Å². The molecule has 0 bridgehead atoms. The normalized spacial score (nSPS) is 23.4. The summed E-state index contributed by atoms with van der Waals surface area (Å²) in [6.07, 6.45) is 1.64. The van der Waals surface area contributed by atoms with Gasteiger partial charge in [-0.2, -0.15) is 0 Å². The van der Waals surface area contributed by atoms with Crippen molar-refractivity contribution in [2.24, 2.45) is 5.73 Å². The SMILES string of the molecule is NC1(c2ccncc2F)C=C(C(F)F)C(Cl)=CN1. The van der Waals surface area contributed by atoms with Crippen molar-refractivity contribution in [1.29, 1.82) is 0 Å². The monoisotopic (exact) mass is 275 g/mol. The predicted molar refractivity (Wildman–Crippen MR) is 61.2 cm³/mol. The van der Waals surface area contributed by atoms with Crippen LogP contribution >= 0.6 is 11.6 Å². The molecule has 7 heteroatoms. The molecule has 1 aliphatic rings. The maximum absolute atomic E-state index is 13.6. The first-order valence-corrected chi connectivity index (χ1v) is 5.35. The third kappa shape index (κ3) is 2.21. The molecular formula is C11H9ClF3N3. The Bertz CT molecular complexity index is 530. The highest BCUT2D eigenvalue weighted by atomic mass is 35.5. The molecule has 0 spiro atoms. The van der Waals surface area contributed by atoms with Crippen LogP contribution in [0.4, 0.5) is 13.2 Å². The van der Waals surface area contributed by atoms with E-state index >= 15 is 0 Å². The highest BCUT2D eigenvalue weighted by molar-refractivity contribution is 6.32. The van der Waals surface area contributed by atoms with Crippen LogP contribution in [-0.4, -0.2) is 11.4 Å². The molecule has 1 aliphatic heterocycles. The van der Waals surface area contributed by atoms with Crippen LogP contribution in [-0.2, 0) is 5.66 Å². The first-order chi connectivity index (χ1) is 8.44. The molecular weight excluding hydrogens is 267 g/mol. The largest absolute Gasteiger partial charge is 0.365 e. The fourth-order valence-electron chi connectivity index (χ4n) is 1.66. The molecule has 0 saturated carbocycles. The van der Waals surface area contributed by atoms with Gasteiger partial charge in [-0.1, -0.05) is 11.6 Å². The summed E-state index contributed by atoms with van der Waals surface area (Å²) >= 11 is 5.62. The van der Waals surface area contributed by atoms with E-state index in [-0.39, 0.29) is 10.6 Å². The topological polar surface area (TPSA) is 50.9 Å². The molecule has 0 aromatic carbocycles. The van der Waals surface area contributed by atoms with Gasteiger partial charge in [-0.3, -0.25) is 4.98 Å². The number of pyridine rings is 1. The van der Waals surface area contributed by atoms with Gasteiger partial charge in [-0.25, -0.2) is 13.2 Å². The lowest BCUT2D eigenvalue weighted by Crippen LogP contribution is -2.49. The van der Waals surface area contributed by atoms with E-state index < -0.39 is 23.5 Å². The molecule has 18 heavy (non-hydrogen) atoms. The number of rotatable bonds is 2. The zero-order valence-electron chi connectivity index (χ0n) is 9.00. The Kier molecular flexibility index (Phi) is 3.32. The Morgan fingerprint density at radius 1 is 1.44 bits per heavy atom. The van der Waals surface area contributed by atoms with Gasteiger partial charge in [0, 0.05) is 23.5 Å². The summed E-state index contributed by atoms with van der Waals surface area (Å²) in [5, 5.41) is 2.44. The summed E-state index contributed by atoms with van der Waals surface area (Å²) < 4.78 is 39.1. The number of hydrogen-bond acceptors (Lipinski definition) is 3. The Hall–Kier alpha value is -1.53. The van der Waals surface area contributed by atoms with Crippen LogP contribution in [0.2, 0.25) is 0 Å². The highest BCUT2D eigenvalue weighted by Crippen LogP contribution is 2.31. The van der Waals surface area contributed by atoms with E-state index in [1.54, 1.807) is 0 Å². The van der Waals surface area contributed by atoms with E-state index in [0.29, 0.717) is 0 Å². The second kappa shape index (κ2) is 4.62. The van der Waals surface area contributed by atoms with Gasteiger partial charge in [0.2, 0.25) is 0 Å². The summed E-state index contributed by atoms with van der Waals surface area (Å²) in [7, 11) is 0. The third-order valence-electron chi connectivity index (χ3n) is 2.55. The maximum Gasteiger partial charge on any atom is 0.265 e. The molecule has 0 aliphatic carbocycles. The van der Waals surface area contributed by atoms with Crippen molar-refractivity contribution in [2.75, 3.05) is 0 Å². The number of halogens is 4. The molecule has 2 heterocycles. The molecule has 1 aromatic heterocycles. The van der Waals surface area contributed by atoms with Crippen molar-refractivity contribution in [2.45, 2.75) is 12.1 Å². The van der Waals surface area contributed by atoms with Gasteiger partial charge in [0.15, 0.2) is 0 Å². The van der Waals surface area contributed by atoms with E-state index in [1.807, 2.05) is 0 Å². The van der Waals surface area contributed by atoms with Crippen molar-refractivity contribution in [3.05, 3.63) is 52.7 Å². The van der Waals surface area contributed by atoms with Gasteiger partial charge >= 0.3 is 0 Å². The van der Waals surface area contributed by atoms with Crippen LogP contribution in [0.5, 0.6) is 0 Å². The lowest BCUT2D eigenvalue weighted by Gasteiger charge is -2.31. The molecule has 1 unspecified atom stereocenters. The molecule has 0 fully saturated rings. The van der Waals surface area contributed by atoms with Gasteiger partial charge in [-0.15, -0.1) is 0 Å². The summed E-state index contributed by atoms with van der Waals surface area (Å²) in [4.78, 5) is 3.57. The van der Waals surface area contributed by atoms with E-state index in [4.69, 9.17) is 17.3 Å². The fraction of sp³-hybridized carbons (Fsp3) is 0.182. The minimum absolute atomic E-state index is 0.0102. The van der Waals surface area contributed by atoms with Gasteiger partial charge in [0.05, 0.1) is 11.2 Å². The van der Waals surface area contributed by atoms with Gasteiger partial charge < -0.3 is 11.1 Å². The summed E-state index contributed by atoms with van der Waals surface area (Å²) in [5.74, 6) is -0.691. The third-order valence-corrected chi connectivity index (χ3v) is 2.88. The molecule has 0 saturated heterocycles. The minimum atomic E-state index is -2.79. The first-order valence-electron chi connectivity index (χ1n) is 4.97. The van der Waals surface area contributed by atoms with Crippen LogP contribution in [0.25, 0.3) is 0 Å². The van der Waals surface area contributed by atoms with Crippen molar-refractivity contribution >= 4 is 11.6 Å². The van der Waals surface area contributed by atoms with Crippen molar-refractivity contribution in [3.8, 4) is 0 Å². The molecule has 3 N–H and O–H groups in total. The first kappa shape index (κ1) is 12.9. The maximum atomic E-state index is 13.6. The Labute approximate surface area is 106 Å². The van der Waals surface area contributed by atoms with Gasteiger partial charge in [0.1, 0.15) is 11.5 Å². The van der Waals surface area contributed by atoms with Gasteiger partial charge in [0.25, 0.3) is 6.43 Å². The van der Waals surface area contributed by atoms with E-state index in [2.05, 4.69) is 10.3 Å². The number of dihydropyridines is 1. The average molecular weight is 276 g/mol. The van der Waals surface area contributed by atoms with E-state index in [9.17, 15) is 13.2 Å². The van der Waals surface area contributed by atoms with Crippen molar-refractivity contribution < 1.29 is 13.2 Å². The number of nitrogens with two attached hydrogens (primary N) is 1. The highest BCUT2D eigenvalue weighted by Gasteiger charge is 2.33. The van der Waals surface area contributed by atoms with Crippen LogP contribution in [0.3, 0.4) is 0 Å². The number of allylic oxidation sites excluding steroid dienone is 2. The molecule has 1 atom stereocenters. The Morgan fingerprint density at radius 3 is 2.78 bits per heavy atom. The zero-order valence-corrected chi connectivity index (χ0v) is 9.76. The summed E-state index contributed by atoms with van der Waals surface area (Å²) in [5.41, 5.74) is 3.88. The van der Waals surface area contributed by atoms with E-state index in [0.717, 1.165) is 18.5 Å². The quantitative estimate of drug-likeness (QED) is 0.870. The predicted octanol–water partition coefficient (Wildman–Crippen LogP) is 2.21. The fourth-order valence-corrected chi connectivity index (χ4v) is 1.85. The molecule has 2 rings (SSSR count). The number of nitrogens with zero attached hydrogens (tertiary/aromatic N) is 1. The molecule has 96 valence electrons. The summed E-state index contributed by atoms with van der Waals surface area (Å²) in [6, 6.07) is 1.31. The second-order valence-corrected chi connectivity index (χ2v) is 4.17. The van der Waals surface area contributed by atoms with Crippen LogP contribution in [0, 0.1) is 5.82 Å². The molecule has 3 nitrogen and oxygen atoms in total. The molecule has 1 aromatic rings. The molecule has 0 radical (unpaired) electrons. The van der Waals surface area contributed by atoms with Crippen LogP contribution in [0.1, 0.15) is 5.56 Å². The smallest absolute Gasteiger partial charge is 0.265 e. The number of hydrogen-bond donors (Lipinski definition) is 2. The average Bonchev–Trinajstić information content (AvgIpc) is 2.33. The van der Waals surface area contributed by atoms with Crippen LogP contribution in [0.15, 0.2) is 41.3 Å². The molecule has 0 amide bonds. The van der Waals surface area contributed by atoms with E-state index in [1.165, 1.54) is 12.3 Å².